The first kappa shape index (κ1) is 18.1. The van der Waals surface area contributed by atoms with Crippen molar-refractivity contribution in [2.75, 3.05) is 35.7 Å². The van der Waals surface area contributed by atoms with Crippen molar-refractivity contribution in [3.8, 4) is 0 Å². The second kappa shape index (κ2) is 10.7. The second-order valence-electron chi connectivity index (χ2n) is 5.52. The number of anilines is 2. The number of hydrogen-bond donors (Lipinski definition) is 2. The van der Waals surface area contributed by atoms with Gasteiger partial charge in [-0.3, -0.25) is 0 Å². The van der Waals surface area contributed by atoms with E-state index < -0.39 is 0 Å². The highest BCUT2D eigenvalue weighted by atomic mass is 32.2. The van der Waals surface area contributed by atoms with Gasteiger partial charge in [-0.1, -0.05) is 26.7 Å². The van der Waals surface area contributed by atoms with Crippen LogP contribution < -0.4 is 10.6 Å². The Labute approximate surface area is 133 Å². The molecular formula is C16H30N4S. The van der Waals surface area contributed by atoms with E-state index in [9.17, 15) is 0 Å². The van der Waals surface area contributed by atoms with Crippen LogP contribution in [0.1, 0.15) is 58.2 Å². The van der Waals surface area contributed by atoms with E-state index in [1.54, 1.807) is 0 Å². The maximum absolute atomic E-state index is 4.60. The van der Waals surface area contributed by atoms with E-state index in [1.807, 2.05) is 17.8 Å². The summed E-state index contributed by atoms with van der Waals surface area (Å²) >= 11 is 1.93. The average Bonchev–Trinajstić information content (AvgIpc) is 2.46. The van der Waals surface area contributed by atoms with Crippen LogP contribution in [0.25, 0.3) is 0 Å². The number of aromatic nitrogens is 2. The third kappa shape index (κ3) is 7.55. The number of unbranched alkanes of at least 4 members (excludes halogenated alkanes) is 3. The molecular weight excluding hydrogens is 280 g/mol. The van der Waals surface area contributed by atoms with E-state index in [0.29, 0.717) is 5.92 Å². The summed E-state index contributed by atoms with van der Waals surface area (Å²) in [6.07, 6.45) is 7.31. The summed E-state index contributed by atoms with van der Waals surface area (Å²) in [5.74, 6) is 4.38. The lowest BCUT2D eigenvalue weighted by Gasteiger charge is -2.12. The molecule has 0 bridgehead atoms. The third-order valence-electron chi connectivity index (χ3n) is 3.20. The van der Waals surface area contributed by atoms with Crippen molar-refractivity contribution in [2.45, 2.75) is 52.4 Å². The molecule has 0 atom stereocenters. The highest BCUT2D eigenvalue weighted by Gasteiger charge is 2.07. The Morgan fingerprint density at radius 3 is 2.33 bits per heavy atom. The van der Waals surface area contributed by atoms with Crippen LogP contribution in [0.15, 0.2) is 6.07 Å². The monoisotopic (exact) mass is 310 g/mol. The van der Waals surface area contributed by atoms with Gasteiger partial charge in [0.15, 0.2) is 0 Å². The molecule has 0 saturated carbocycles. The predicted molar refractivity (Wildman–Crippen MR) is 95.6 cm³/mol. The van der Waals surface area contributed by atoms with Crippen LogP contribution in [0, 0.1) is 0 Å². The van der Waals surface area contributed by atoms with Crippen LogP contribution >= 0.6 is 11.8 Å². The molecule has 0 aliphatic carbocycles. The average molecular weight is 311 g/mol. The third-order valence-corrected chi connectivity index (χ3v) is 3.90. The molecule has 0 radical (unpaired) electrons. The lowest BCUT2D eigenvalue weighted by atomic mass is 10.2. The zero-order valence-corrected chi connectivity index (χ0v) is 14.7. The molecule has 21 heavy (non-hydrogen) atoms. The van der Waals surface area contributed by atoms with Crippen LogP contribution in [-0.2, 0) is 0 Å². The summed E-state index contributed by atoms with van der Waals surface area (Å²) in [6, 6.07) is 2.00. The van der Waals surface area contributed by atoms with E-state index in [2.05, 4.69) is 47.6 Å². The smallest absolute Gasteiger partial charge is 0.135 e. The first-order chi connectivity index (χ1) is 10.2. The Hall–Kier alpha value is -0.970. The normalized spacial score (nSPS) is 10.9. The summed E-state index contributed by atoms with van der Waals surface area (Å²) in [7, 11) is 0. The van der Waals surface area contributed by atoms with Gasteiger partial charge in [0.1, 0.15) is 17.5 Å². The minimum atomic E-state index is 0.343. The van der Waals surface area contributed by atoms with Gasteiger partial charge in [-0.25, -0.2) is 9.97 Å². The van der Waals surface area contributed by atoms with Gasteiger partial charge in [-0.15, -0.1) is 0 Å². The van der Waals surface area contributed by atoms with Gasteiger partial charge >= 0.3 is 0 Å². The molecule has 0 saturated heterocycles. The van der Waals surface area contributed by atoms with Crippen LogP contribution in [0.5, 0.6) is 0 Å². The van der Waals surface area contributed by atoms with Crippen molar-refractivity contribution in [2.24, 2.45) is 0 Å². The number of rotatable bonds is 11. The molecule has 120 valence electrons. The van der Waals surface area contributed by atoms with Crippen molar-refractivity contribution in [1.82, 2.24) is 9.97 Å². The summed E-state index contributed by atoms with van der Waals surface area (Å²) < 4.78 is 0. The Kier molecular flexibility index (Phi) is 9.22. The fraction of sp³-hybridized carbons (Fsp3) is 0.750. The van der Waals surface area contributed by atoms with E-state index in [-0.39, 0.29) is 0 Å². The minimum absolute atomic E-state index is 0.343. The quantitative estimate of drug-likeness (QED) is 0.594. The molecule has 0 spiro atoms. The lowest BCUT2D eigenvalue weighted by Crippen LogP contribution is -2.09. The first-order valence-corrected chi connectivity index (χ1v) is 9.42. The molecule has 1 heterocycles. The Bertz CT molecular complexity index is 396. The van der Waals surface area contributed by atoms with Gasteiger partial charge in [-0.2, -0.15) is 11.8 Å². The molecule has 0 aromatic carbocycles. The first-order valence-electron chi connectivity index (χ1n) is 8.03. The van der Waals surface area contributed by atoms with E-state index in [0.717, 1.165) is 30.5 Å². The van der Waals surface area contributed by atoms with Crippen molar-refractivity contribution in [3.63, 3.8) is 0 Å². The summed E-state index contributed by atoms with van der Waals surface area (Å²) in [5, 5.41) is 6.71. The highest BCUT2D eigenvalue weighted by molar-refractivity contribution is 7.98. The molecule has 1 aromatic heterocycles. The van der Waals surface area contributed by atoms with Gasteiger partial charge in [0.2, 0.25) is 0 Å². The van der Waals surface area contributed by atoms with Crippen LogP contribution in [0.2, 0.25) is 0 Å². The summed E-state index contributed by atoms with van der Waals surface area (Å²) in [5.41, 5.74) is 0. The maximum atomic E-state index is 4.60. The lowest BCUT2D eigenvalue weighted by molar-refractivity contribution is 0.687. The molecule has 0 unspecified atom stereocenters. The molecule has 0 aliphatic heterocycles. The number of thioether (sulfide) groups is 1. The molecule has 1 rings (SSSR count). The van der Waals surface area contributed by atoms with Gasteiger partial charge in [0, 0.05) is 25.1 Å². The fourth-order valence-corrected chi connectivity index (χ4v) is 2.52. The second-order valence-corrected chi connectivity index (χ2v) is 6.50. The zero-order valence-electron chi connectivity index (χ0n) is 13.9. The molecule has 4 nitrogen and oxygen atoms in total. The van der Waals surface area contributed by atoms with Gasteiger partial charge < -0.3 is 10.6 Å². The van der Waals surface area contributed by atoms with Crippen molar-refractivity contribution in [1.29, 1.82) is 0 Å². The Morgan fingerprint density at radius 2 is 1.71 bits per heavy atom. The zero-order chi connectivity index (χ0) is 15.5. The summed E-state index contributed by atoms with van der Waals surface area (Å²) in [4.78, 5) is 9.13. The molecule has 0 fully saturated rings. The maximum Gasteiger partial charge on any atom is 0.135 e. The molecule has 0 aliphatic rings. The van der Waals surface area contributed by atoms with Crippen molar-refractivity contribution >= 4 is 23.4 Å². The van der Waals surface area contributed by atoms with E-state index >= 15 is 0 Å². The van der Waals surface area contributed by atoms with E-state index in [4.69, 9.17) is 0 Å². The largest absolute Gasteiger partial charge is 0.370 e. The fourth-order valence-electron chi connectivity index (χ4n) is 2.03. The van der Waals surface area contributed by atoms with Crippen molar-refractivity contribution < 1.29 is 0 Å². The SMILES string of the molecule is CCNc1cc(NCCCCCCSC)nc(C(C)C)n1. The number of nitrogens with one attached hydrogen (secondary N) is 2. The Morgan fingerprint density at radius 1 is 1.05 bits per heavy atom. The number of hydrogen-bond acceptors (Lipinski definition) is 5. The Balaban J connectivity index is 2.42. The molecule has 0 amide bonds. The van der Waals surface area contributed by atoms with Gasteiger partial charge in [0.25, 0.3) is 0 Å². The van der Waals surface area contributed by atoms with Crippen LogP contribution in [0.3, 0.4) is 0 Å². The molecule has 2 N–H and O–H groups in total. The standard InChI is InChI=1S/C16H30N4S/c1-5-17-14-12-15(20-16(19-14)13(2)3)18-10-8-6-7-9-11-21-4/h12-13H,5-11H2,1-4H3,(H2,17,18,19,20). The van der Waals surface area contributed by atoms with Crippen LogP contribution in [0.4, 0.5) is 11.6 Å². The summed E-state index contributed by atoms with van der Waals surface area (Å²) in [6.45, 7) is 8.20. The van der Waals surface area contributed by atoms with Crippen LogP contribution in [-0.4, -0.2) is 35.1 Å². The van der Waals surface area contributed by atoms with Gasteiger partial charge in [-0.05, 0) is 31.8 Å². The van der Waals surface area contributed by atoms with Gasteiger partial charge in [0.05, 0.1) is 0 Å². The molecule has 5 heteroatoms. The molecule has 1 aromatic rings. The highest BCUT2D eigenvalue weighted by Crippen LogP contribution is 2.17. The van der Waals surface area contributed by atoms with E-state index in [1.165, 1.54) is 31.4 Å². The topological polar surface area (TPSA) is 49.8 Å². The number of nitrogens with zero attached hydrogens (tertiary/aromatic N) is 2. The predicted octanol–water partition coefficient (Wildman–Crippen LogP) is 4.37. The minimum Gasteiger partial charge on any atom is -0.370 e. The van der Waals surface area contributed by atoms with Crippen molar-refractivity contribution in [3.05, 3.63) is 11.9 Å².